The summed E-state index contributed by atoms with van der Waals surface area (Å²) in [5, 5.41) is 0. The fourth-order valence-electron chi connectivity index (χ4n) is 0.930. The highest BCUT2D eigenvalue weighted by Crippen LogP contribution is 2.10. The number of nitrogens with zero attached hydrogens (tertiary/aromatic N) is 2. The average Bonchev–Trinajstić information content (AvgIpc) is 2.03. The van der Waals surface area contributed by atoms with Crippen molar-refractivity contribution in [3.8, 4) is 0 Å². The normalized spacial score (nSPS) is 9.73. The molecule has 2 heteroatoms. The second-order valence-electron chi connectivity index (χ2n) is 2.73. The third-order valence-electron chi connectivity index (χ3n) is 1.78. The molecule has 0 radical (unpaired) electrons. The van der Waals surface area contributed by atoms with E-state index < -0.39 is 0 Å². The summed E-state index contributed by atoms with van der Waals surface area (Å²) in [7, 11) is 2.07. The van der Waals surface area contributed by atoms with Crippen molar-refractivity contribution in [2.24, 2.45) is 0 Å². The van der Waals surface area contributed by atoms with Gasteiger partial charge in [-0.2, -0.15) is 0 Å². The van der Waals surface area contributed by atoms with Gasteiger partial charge in [-0.1, -0.05) is 0 Å². The highest BCUT2D eigenvalue weighted by molar-refractivity contribution is 5.44. The van der Waals surface area contributed by atoms with Crippen molar-refractivity contribution >= 4 is 5.69 Å². The van der Waals surface area contributed by atoms with Crippen LogP contribution in [0.1, 0.15) is 12.5 Å². The maximum Gasteiger partial charge on any atom is 0.0552 e. The Morgan fingerprint density at radius 2 is 2.18 bits per heavy atom. The first-order valence-electron chi connectivity index (χ1n) is 3.87. The molecule has 0 aliphatic heterocycles. The molecule has 0 aromatic carbocycles. The Hall–Kier alpha value is -1.05. The van der Waals surface area contributed by atoms with Gasteiger partial charge in [-0.05, 0) is 25.5 Å². The van der Waals surface area contributed by atoms with Crippen LogP contribution in [0.3, 0.4) is 0 Å². The van der Waals surface area contributed by atoms with Gasteiger partial charge in [0, 0.05) is 19.8 Å². The molecule has 0 spiro atoms. The van der Waals surface area contributed by atoms with E-state index in [2.05, 4.69) is 36.8 Å². The molecule has 0 unspecified atom stereocenters. The number of hydrogen-bond acceptors (Lipinski definition) is 2. The lowest BCUT2D eigenvalue weighted by atomic mass is 10.3. The van der Waals surface area contributed by atoms with Crippen molar-refractivity contribution in [2.75, 3.05) is 18.5 Å². The maximum absolute atomic E-state index is 4.11. The lowest BCUT2D eigenvalue weighted by molar-refractivity contribution is 0.959. The van der Waals surface area contributed by atoms with E-state index in [1.165, 1.54) is 11.3 Å². The molecule has 2 nitrogen and oxygen atoms in total. The van der Waals surface area contributed by atoms with Crippen LogP contribution >= 0.6 is 0 Å². The molecule has 0 aliphatic rings. The number of aryl methyl sites for hydroxylation is 1. The molecular weight excluding hydrogens is 136 g/mol. The summed E-state index contributed by atoms with van der Waals surface area (Å²) in [6.07, 6.45) is 3.75. The summed E-state index contributed by atoms with van der Waals surface area (Å²) in [6.45, 7) is 5.20. The lowest BCUT2D eigenvalue weighted by Crippen LogP contribution is -2.15. The number of aromatic nitrogens is 1. The molecule has 0 fully saturated rings. The maximum atomic E-state index is 4.11. The van der Waals surface area contributed by atoms with Crippen LogP contribution < -0.4 is 4.90 Å². The van der Waals surface area contributed by atoms with Crippen LogP contribution in [-0.2, 0) is 0 Å². The van der Waals surface area contributed by atoms with Gasteiger partial charge >= 0.3 is 0 Å². The fraction of sp³-hybridized carbons (Fsp3) is 0.444. The van der Waals surface area contributed by atoms with Gasteiger partial charge in [0.25, 0.3) is 0 Å². The predicted molar refractivity (Wildman–Crippen MR) is 47.9 cm³/mol. The van der Waals surface area contributed by atoms with Gasteiger partial charge in [-0.15, -0.1) is 0 Å². The number of anilines is 1. The molecule has 1 aromatic heterocycles. The molecule has 0 atom stereocenters. The van der Waals surface area contributed by atoms with E-state index in [0.29, 0.717) is 0 Å². The third-order valence-corrected chi connectivity index (χ3v) is 1.78. The first-order valence-corrected chi connectivity index (χ1v) is 3.87. The Labute approximate surface area is 67.9 Å². The monoisotopic (exact) mass is 150 g/mol. The highest BCUT2D eigenvalue weighted by Gasteiger charge is 1.96. The van der Waals surface area contributed by atoms with Gasteiger partial charge in [0.05, 0.1) is 11.9 Å². The Balaban J connectivity index is 2.86. The number of rotatable bonds is 2. The summed E-state index contributed by atoms with van der Waals surface area (Å²) in [4.78, 5) is 6.28. The SMILES string of the molecule is CCN(C)c1cncc(C)c1. The third kappa shape index (κ3) is 1.93. The number of hydrogen-bond donors (Lipinski definition) is 0. The Morgan fingerprint density at radius 3 is 2.73 bits per heavy atom. The summed E-state index contributed by atoms with van der Waals surface area (Å²) in [6, 6.07) is 2.14. The second kappa shape index (κ2) is 3.37. The van der Waals surface area contributed by atoms with Gasteiger partial charge in [0.2, 0.25) is 0 Å². The molecule has 0 bridgehead atoms. The Kier molecular flexibility index (Phi) is 2.47. The second-order valence-corrected chi connectivity index (χ2v) is 2.73. The van der Waals surface area contributed by atoms with Crippen LogP contribution in [0.15, 0.2) is 18.5 Å². The minimum atomic E-state index is 1.02. The predicted octanol–water partition coefficient (Wildman–Crippen LogP) is 1.85. The Bertz CT molecular complexity index is 233. The van der Waals surface area contributed by atoms with Crippen LogP contribution in [0.25, 0.3) is 0 Å². The van der Waals surface area contributed by atoms with Gasteiger partial charge < -0.3 is 4.90 Å². The van der Waals surface area contributed by atoms with Crippen molar-refractivity contribution in [1.29, 1.82) is 0 Å². The standard InChI is InChI=1S/C9H14N2/c1-4-11(3)9-5-8(2)6-10-7-9/h5-7H,4H2,1-3H3. The molecule has 0 aliphatic carbocycles. The molecule has 0 saturated heterocycles. The van der Waals surface area contributed by atoms with Gasteiger partial charge in [-0.3, -0.25) is 4.98 Å². The zero-order valence-corrected chi connectivity index (χ0v) is 7.33. The molecule has 1 aromatic rings. The van der Waals surface area contributed by atoms with E-state index >= 15 is 0 Å². The first-order chi connectivity index (χ1) is 5.24. The van der Waals surface area contributed by atoms with Gasteiger partial charge in [0.1, 0.15) is 0 Å². The van der Waals surface area contributed by atoms with Crippen molar-refractivity contribution in [3.05, 3.63) is 24.0 Å². The first kappa shape index (κ1) is 8.05. The van der Waals surface area contributed by atoms with Crippen molar-refractivity contribution in [2.45, 2.75) is 13.8 Å². The minimum absolute atomic E-state index is 1.02. The zero-order chi connectivity index (χ0) is 8.27. The molecule has 0 amide bonds. The zero-order valence-electron chi connectivity index (χ0n) is 7.33. The minimum Gasteiger partial charge on any atom is -0.374 e. The Morgan fingerprint density at radius 1 is 1.45 bits per heavy atom. The van der Waals surface area contributed by atoms with E-state index in [4.69, 9.17) is 0 Å². The van der Waals surface area contributed by atoms with Crippen molar-refractivity contribution in [1.82, 2.24) is 4.98 Å². The molecule has 1 rings (SSSR count). The van der Waals surface area contributed by atoms with Crippen LogP contribution in [-0.4, -0.2) is 18.6 Å². The molecular formula is C9H14N2. The van der Waals surface area contributed by atoms with E-state index in [9.17, 15) is 0 Å². The van der Waals surface area contributed by atoms with Crippen LogP contribution in [0.2, 0.25) is 0 Å². The summed E-state index contributed by atoms with van der Waals surface area (Å²) in [5.74, 6) is 0. The highest BCUT2D eigenvalue weighted by atomic mass is 15.1. The van der Waals surface area contributed by atoms with Crippen molar-refractivity contribution in [3.63, 3.8) is 0 Å². The quantitative estimate of drug-likeness (QED) is 0.639. The van der Waals surface area contributed by atoms with Crippen LogP contribution in [0.4, 0.5) is 5.69 Å². The average molecular weight is 150 g/mol. The van der Waals surface area contributed by atoms with Crippen molar-refractivity contribution < 1.29 is 0 Å². The fourth-order valence-corrected chi connectivity index (χ4v) is 0.930. The van der Waals surface area contributed by atoms with E-state index in [-0.39, 0.29) is 0 Å². The lowest BCUT2D eigenvalue weighted by Gasteiger charge is -2.15. The smallest absolute Gasteiger partial charge is 0.0552 e. The van der Waals surface area contributed by atoms with E-state index in [0.717, 1.165) is 6.54 Å². The molecule has 11 heavy (non-hydrogen) atoms. The van der Waals surface area contributed by atoms with Crippen LogP contribution in [0.5, 0.6) is 0 Å². The molecule has 0 N–H and O–H groups in total. The summed E-state index contributed by atoms with van der Waals surface area (Å²) >= 11 is 0. The van der Waals surface area contributed by atoms with E-state index in [1.54, 1.807) is 0 Å². The topological polar surface area (TPSA) is 16.1 Å². The summed E-state index contributed by atoms with van der Waals surface area (Å²) < 4.78 is 0. The van der Waals surface area contributed by atoms with Gasteiger partial charge in [-0.25, -0.2) is 0 Å². The summed E-state index contributed by atoms with van der Waals surface area (Å²) in [5.41, 5.74) is 2.40. The number of pyridine rings is 1. The largest absolute Gasteiger partial charge is 0.374 e. The van der Waals surface area contributed by atoms with Crippen LogP contribution in [0, 0.1) is 6.92 Å². The van der Waals surface area contributed by atoms with Gasteiger partial charge in [0.15, 0.2) is 0 Å². The molecule has 0 saturated carbocycles. The molecule has 1 heterocycles. The van der Waals surface area contributed by atoms with E-state index in [1.807, 2.05) is 12.4 Å². The molecule has 60 valence electrons.